The van der Waals surface area contributed by atoms with E-state index in [9.17, 15) is 0 Å². The van der Waals surface area contributed by atoms with Crippen molar-refractivity contribution in [3.63, 3.8) is 0 Å². The lowest BCUT2D eigenvalue weighted by Crippen LogP contribution is -2.27. The second-order valence-electron chi connectivity index (χ2n) is 4.95. The second kappa shape index (κ2) is 9.00. The van der Waals surface area contributed by atoms with Gasteiger partial charge in [-0.05, 0) is 44.7 Å². The topological polar surface area (TPSA) is 21.3 Å². The lowest BCUT2D eigenvalue weighted by atomic mass is 9.87. The van der Waals surface area contributed by atoms with E-state index < -0.39 is 0 Å². The second-order valence-corrected chi connectivity index (χ2v) is 4.95. The van der Waals surface area contributed by atoms with Crippen LogP contribution in [0.5, 0.6) is 0 Å². The summed E-state index contributed by atoms with van der Waals surface area (Å²) in [5.41, 5.74) is 0. The van der Waals surface area contributed by atoms with Crippen LogP contribution in [0.25, 0.3) is 0 Å². The van der Waals surface area contributed by atoms with Crippen molar-refractivity contribution in [2.75, 3.05) is 26.3 Å². The quantitative estimate of drug-likeness (QED) is 0.611. The highest BCUT2D eigenvalue weighted by Gasteiger charge is 2.23. The summed E-state index contributed by atoms with van der Waals surface area (Å²) in [5, 5.41) is 3.53. The van der Waals surface area contributed by atoms with Gasteiger partial charge >= 0.3 is 0 Å². The summed E-state index contributed by atoms with van der Waals surface area (Å²) in [5.74, 6) is 1.88. The smallest absolute Gasteiger partial charge is 0.0466 e. The van der Waals surface area contributed by atoms with Gasteiger partial charge in [0.25, 0.3) is 0 Å². The van der Waals surface area contributed by atoms with Gasteiger partial charge in [0.1, 0.15) is 0 Å². The molecule has 0 spiro atoms. The third kappa shape index (κ3) is 5.31. The van der Waals surface area contributed by atoms with Crippen LogP contribution >= 0.6 is 0 Å². The molecule has 1 unspecified atom stereocenters. The van der Waals surface area contributed by atoms with Gasteiger partial charge in [-0.2, -0.15) is 0 Å². The van der Waals surface area contributed by atoms with Crippen LogP contribution in [0.2, 0.25) is 0 Å². The highest BCUT2D eigenvalue weighted by Crippen LogP contribution is 2.33. The molecule has 1 fully saturated rings. The van der Waals surface area contributed by atoms with Gasteiger partial charge in [-0.3, -0.25) is 0 Å². The van der Waals surface area contributed by atoms with E-state index in [4.69, 9.17) is 4.74 Å². The average molecular weight is 227 g/mol. The summed E-state index contributed by atoms with van der Waals surface area (Å²) in [4.78, 5) is 0. The Morgan fingerprint density at radius 1 is 1.25 bits per heavy atom. The predicted molar refractivity (Wildman–Crippen MR) is 69.7 cm³/mol. The largest absolute Gasteiger partial charge is 0.382 e. The maximum Gasteiger partial charge on any atom is 0.0466 e. The molecule has 0 radical (unpaired) electrons. The summed E-state index contributed by atoms with van der Waals surface area (Å²) in [6, 6.07) is 0. The van der Waals surface area contributed by atoms with E-state index in [-0.39, 0.29) is 0 Å². The molecule has 0 aromatic rings. The Morgan fingerprint density at radius 2 is 2.00 bits per heavy atom. The fraction of sp³-hybridized carbons (Fsp3) is 1.00. The monoisotopic (exact) mass is 227 g/mol. The number of hydrogen-bond donors (Lipinski definition) is 1. The molecule has 0 heterocycles. The molecule has 0 aromatic carbocycles. The molecular formula is C14H29NO. The number of hydrogen-bond acceptors (Lipinski definition) is 2. The van der Waals surface area contributed by atoms with E-state index in [0.29, 0.717) is 0 Å². The van der Waals surface area contributed by atoms with Crippen molar-refractivity contribution in [2.45, 2.75) is 52.4 Å². The van der Waals surface area contributed by atoms with Crippen molar-refractivity contribution in [1.29, 1.82) is 0 Å². The molecule has 1 aliphatic rings. The van der Waals surface area contributed by atoms with Crippen LogP contribution in [-0.2, 0) is 4.74 Å². The molecule has 2 heteroatoms. The molecule has 1 rings (SSSR count). The van der Waals surface area contributed by atoms with Crippen molar-refractivity contribution >= 4 is 0 Å². The fourth-order valence-corrected chi connectivity index (χ4v) is 2.85. The van der Waals surface area contributed by atoms with E-state index in [1.807, 2.05) is 0 Å². The third-order valence-corrected chi connectivity index (χ3v) is 3.79. The molecule has 96 valence electrons. The normalized spacial score (nSPS) is 19.1. The Balaban J connectivity index is 2.19. The van der Waals surface area contributed by atoms with Crippen LogP contribution in [0.3, 0.4) is 0 Å². The third-order valence-electron chi connectivity index (χ3n) is 3.79. The molecule has 2 nitrogen and oxygen atoms in total. The van der Waals surface area contributed by atoms with Crippen LogP contribution in [0.1, 0.15) is 52.4 Å². The van der Waals surface area contributed by atoms with Crippen LogP contribution in [0.4, 0.5) is 0 Å². The SMILES string of the molecule is CCNCC(CCCOCC)C1CCCC1. The van der Waals surface area contributed by atoms with Crippen LogP contribution in [0.15, 0.2) is 0 Å². The highest BCUT2D eigenvalue weighted by atomic mass is 16.5. The molecule has 1 saturated carbocycles. The zero-order valence-electron chi connectivity index (χ0n) is 11.1. The number of nitrogens with one attached hydrogen (secondary N) is 1. The molecule has 1 aliphatic carbocycles. The van der Waals surface area contributed by atoms with Gasteiger partial charge in [-0.25, -0.2) is 0 Å². The maximum absolute atomic E-state index is 5.43. The zero-order valence-corrected chi connectivity index (χ0v) is 11.1. The minimum absolute atomic E-state index is 0.862. The fourth-order valence-electron chi connectivity index (χ4n) is 2.85. The van der Waals surface area contributed by atoms with Crippen LogP contribution in [0, 0.1) is 11.8 Å². The first-order valence-corrected chi connectivity index (χ1v) is 7.16. The van der Waals surface area contributed by atoms with Crippen molar-refractivity contribution in [1.82, 2.24) is 5.32 Å². The Hall–Kier alpha value is -0.0800. The Bertz CT molecular complexity index is 155. The maximum atomic E-state index is 5.43. The van der Waals surface area contributed by atoms with Crippen molar-refractivity contribution in [3.05, 3.63) is 0 Å². The van der Waals surface area contributed by atoms with Gasteiger partial charge in [0.15, 0.2) is 0 Å². The first-order valence-electron chi connectivity index (χ1n) is 7.16. The highest BCUT2D eigenvalue weighted by molar-refractivity contribution is 4.77. The number of ether oxygens (including phenoxy) is 1. The molecule has 16 heavy (non-hydrogen) atoms. The molecule has 1 atom stereocenters. The molecule has 0 saturated heterocycles. The van der Waals surface area contributed by atoms with Crippen LogP contribution in [-0.4, -0.2) is 26.3 Å². The first kappa shape index (κ1) is 14.0. The van der Waals surface area contributed by atoms with E-state index >= 15 is 0 Å². The van der Waals surface area contributed by atoms with Crippen molar-refractivity contribution < 1.29 is 4.74 Å². The summed E-state index contributed by atoms with van der Waals surface area (Å²) < 4.78 is 5.43. The predicted octanol–water partition coefficient (Wildman–Crippen LogP) is 3.22. The van der Waals surface area contributed by atoms with E-state index in [0.717, 1.165) is 31.6 Å². The summed E-state index contributed by atoms with van der Waals surface area (Å²) >= 11 is 0. The van der Waals surface area contributed by atoms with Gasteiger partial charge in [0.2, 0.25) is 0 Å². The van der Waals surface area contributed by atoms with Gasteiger partial charge in [0.05, 0.1) is 0 Å². The van der Waals surface area contributed by atoms with Crippen LogP contribution < -0.4 is 5.32 Å². The Morgan fingerprint density at radius 3 is 2.62 bits per heavy atom. The molecule has 0 aliphatic heterocycles. The molecule has 0 amide bonds. The number of rotatable bonds is 9. The van der Waals surface area contributed by atoms with Crippen molar-refractivity contribution in [2.24, 2.45) is 11.8 Å². The molecule has 1 N–H and O–H groups in total. The van der Waals surface area contributed by atoms with Gasteiger partial charge in [0, 0.05) is 13.2 Å². The minimum Gasteiger partial charge on any atom is -0.382 e. The molecular weight excluding hydrogens is 198 g/mol. The lowest BCUT2D eigenvalue weighted by molar-refractivity contribution is 0.135. The zero-order chi connectivity index (χ0) is 11.6. The summed E-state index contributed by atoms with van der Waals surface area (Å²) in [6.45, 7) is 8.41. The molecule has 0 bridgehead atoms. The Labute approximate surface area is 101 Å². The standard InChI is InChI=1S/C14H29NO/c1-3-15-12-14(10-7-11-16-4-2)13-8-5-6-9-13/h13-15H,3-12H2,1-2H3. The van der Waals surface area contributed by atoms with Crippen molar-refractivity contribution in [3.8, 4) is 0 Å². The average Bonchev–Trinajstić information content (AvgIpc) is 2.82. The lowest BCUT2D eigenvalue weighted by Gasteiger charge is -2.23. The Kier molecular flexibility index (Phi) is 7.87. The van der Waals surface area contributed by atoms with E-state index in [1.54, 1.807) is 0 Å². The molecule has 0 aromatic heterocycles. The minimum atomic E-state index is 0.862. The summed E-state index contributed by atoms with van der Waals surface area (Å²) in [6.07, 6.45) is 8.42. The van der Waals surface area contributed by atoms with Gasteiger partial charge < -0.3 is 10.1 Å². The van der Waals surface area contributed by atoms with Gasteiger partial charge in [-0.15, -0.1) is 0 Å². The first-order chi connectivity index (χ1) is 7.88. The van der Waals surface area contributed by atoms with E-state index in [2.05, 4.69) is 19.2 Å². The summed E-state index contributed by atoms with van der Waals surface area (Å²) in [7, 11) is 0. The van der Waals surface area contributed by atoms with E-state index in [1.165, 1.54) is 45.1 Å². The van der Waals surface area contributed by atoms with Gasteiger partial charge in [-0.1, -0.05) is 32.6 Å².